The van der Waals surface area contributed by atoms with Crippen LogP contribution in [0.25, 0.3) is 0 Å². The van der Waals surface area contributed by atoms with E-state index in [1.54, 1.807) is 24.9 Å². The molecule has 0 amide bonds. The van der Waals surface area contributed by atoms with Crippen LogP contribution in [0.1, 0.15) is 12.6 Å². The number of nitrogens with two attached hydrogens (primary N) is 1. The lowest BCUT2D eigenvalue weighted by molar-refractivity contribution is 0.258. The molecule has 1 saturated heterocycles. The highest BCUT2D eigenvalue weighted by Gasteiger charge is 2.32. The van der Waals surface area contributed by atoms with Gasteiger partial charge < -0.3 is 5.43 Å². The van der Waals surface area contributed by atoms with Gasteiger partial charge in [-0.05, 0) is 0 Å². The summed E-state index contributed by atoms with van der Waals surface area (Å²) in [7, 11) is -3.08. The van der Waals surface area contributed by atoms with Crippen LogP contribution in [0.15, 0.2) is 12.4 Å². The van der Waals surface area contributed by atoms with Gasteiger partial charge in [-0.15, -0.1) is 0 Å². The average Bonchev–Trinajstić information content (AvgIpc) is 2.48. The lowest BCUT2D eigenvalue weighted by atomic mass is 10.4. The number of hydrazine groups is 1. The van der Waals surface area contributed by atoms with Crippen molar-refractivity contribution in [3.63, 3.8) is 0 Å². The maximum absolute atomic E-state index is 12.1. The molecule has 0 aromatic carbocycles. The van der Waals surface area contributed by atoms with Crippen LogP contribution in [0.5, 0.6) is 0 Å². The highest BCUT2D eigenvalue weighted by molar-refractivity contribution is 8.01. The summed E-state index contributed by atoms with van der Waals surface area (Å²) in [5.41, 5.74) is 3.16. The van der Waals surface area contributed by atoms with E-state index in [-0.39, 0.29) is 5.75 Å². The summed E-state index contributed by atoms with van der Waals surface area (Å²) in [5.74, 6) is 7.44. The first-order valence-corrected chi connectivity index (χ1v) is 9.24. The molecule has 112 valence electrons. The molecule has 0 radical (unpaired) electrons. The predicted octanol–water partition coefficient (Wildman–Crippen LogP) is 0.0718. The third-order valence-electron chi connectivity index (χ3n) is 3.23. The van der Waals surface area contributed by atoms with Gasteiger partial charge in [0.25, 0.3) is 0 Å². The molecule has 3 N–H and O–H groups in total. The fraction of sp³-hybridized carbons (Fsp3) is 0.636. The topological polar surface area (TPSA) is 101 Å². The van der Waals surface area contributed by atoms with Crippen molar-refractivity contribution in [1.82, 2.24) is 14.9 Å². The van der Waals surface area contributed by atoms with Gasteiger partial charge in [-0.1, -0.05) is 6.92 Å². The number of nitrogen functional groups attached to an aromatic ring is 1. The van der Waals surface area contributed by atoms with E-state index in [0.717, 1.165) is 18.0 Å². The maximum atomic E-state index is 12.1. The summed E-state index contributed by atoms with van der Waals surface area (Å²) in [6.45, 7) is 2.92. The quantitative estimate of drug-likeness (QED) is 0.581. The Morgan fingerprint density at radius 1 is 1.50 bits per heavy atom. The molecule has 1 atom stereocenters. The van der Waals surface area contributed by atoms with Gasteiger partial charge in [0.2, 0.25) is 0 Å². The minimum atomic E-state index is -3.08. The highest BCUT2D eigenvalue weighted by atomic mass is 32.2. The number of nitrogens with one attached hydrogen (secondary N) is 1. The van der Waals surface area contributed by atoms with Crippen LogP contribution in [0.3, 0.4) is 0 Å². The lowest BCUT2D eigenvalue weighted by Crippen LogP contribution is -2.47. The van der Waals surface area contributed by atoms with E-state index < -0.39 is 15.2 Å². The van der Waals surface area contributed by atoms with Gasteiger partial charge in [-0.3, -0.25) is 9.88 Å². The second-order valence-electron chi connectivity index (χ2n) is 4.49. The molecular weight excluding hydrogens is 298 g/mol. The molecule has 1 fully saturated rings. The minimum Gasteiger partial charge on any atom is -0.307 e. The first-order chi connectivity index (χ1) is 9.56. The molecule has 2 rings (SSSR count). The Bertz CT molecular complexity index is 534. The molecule has 9 heteroatoms. The standard InChI is InChI=1S/C11H19N5O2S2/c1-2-20(17,18)11-8-19-4-3-16(11)7-9-5-14-10(15-12)6-13-9/h5-6,11H,2-4,7-8,12H2,1H3,(H,14,15). The maximum Gasteiger partial charge on any atom is 0.166 e. The molecule has 0 saturated carbocycles. The van der Waals surface area contributed by atoms with Crippen LogP contribution < -0.4 is 11.3 Å². The molecule has 1 unspecified atom stereocenters. The largest absolute Gasteiger partial charge is 0.307 e. The fourth-order valence-electron chi connectivity index (χ4n) is 2.04. The number of sulfone groups is 1. The molecule has 20 heavy (non-hydrogen) atoms. The summed E-state index contributed by atoms with van der Waals surface area (Å²) in [6.07, 6.45) is 3.16. The molecule has 7 nitrogen and oxygen atoms in total. The molecule has 1 aromatic heterocycles. The average molecular weight is 317 g/mol. The molecule has 0 bridgehead atoms. The van der Waals surface area contributed by atoms with Crippen LogP contribution in [-0.4, -0.2) is 52.5 Å². The van der Waals surface area contributed by atoms with Gasteiger partial charge in [-0.2, -0.15) is 11.8 Å². The van der Waals surface area contributed by atoms with E-state index in [9.17, 15) is 8.42 Å². The van der Waals surface area contributed by atoms with Crippen LogP contribution in [0, 0.1) is 0 Å². The van der Waals surface area contributed by atoms with Crippen molar-refractivity contribution < 1.29 is 8.42 Å². The van der Waals surface area contributed by atoms with E-state index in [0.29, 0.717) is 18.1 Å². The summed E-state index contributed by atoms with van der Waals surface area (Å²) in [4.78, 5) is 10.3. The molecule has 1 aromatic rings. The summed E-state index contributed by atoms with van der Waals surface area (Å²) < 4.78 is 24.3. The summed E-state index contributed by atoms with van der Waals surface area (Å²) in [5, 5.41) is -0.430. The predicted molar refractivity (Wildman–Crippen MR) is 80.8 cm³/mol. The Kier molecular flexibility index (Phi) is 5.19. The van der Waals surface area contributed by atoms with Crippen molar-refractivity contribution in [3.8, 4) is 0 Å². The van der Waals surface area contributed by atoms with Crippen molar-refractivity contribution in [2.75, 3.05) is 29.2 Å². The van der Waals surface area contributed by atoms with Crippen LogP contribution in [-0.2, 0) is 16.4 Å². The first-order valence-electron chi connectivity index (χ1n) is 6.37. The summed E-state index contributed by atoms with van der Waals surface area (Å²) in [6, 6.07) is 0. The van der Waals surface area contributed by atoms with Gasteiger partial charge >= 0.3 is 0 Å². The van der Waals surface area contributed by atoms with Gasteiger partial charge in [-0.25, -0.2) is 19.2 Å². The van der Waals surface area contributed by atoms with Crippen LogP contribution >= 0.6 is 11.8 Å². The monoisotopic (exact) mass is 317 g/mol. The number of nitrogens with zero attached hydrogens (tertiary/aromatic N) is 3. The molecule has 0 spiro atoms. The normalized spacial score (nSPS) is 20.8. The van der Waals surface area contributed by atoms with E-state index in [4.69, 9.17) is 5.84 Å². The number of thioether (sulfide) groups is 1. The number of rotatable bonds is 5. The zero-order valence-electron chi connectivity index (χ0n) is 11.3. The summed E-state index contributed by atoms with van der Waals surface area (Å²) >= 11 is 1.68. The van der Waals surface area contributed by atoms with Gasteiger partial charge in [0.05, 0.1) is 18.1 Å². The van der Waals surface area contributed by atoms with Gasteiger partial charge in [0.15, 0.2) is 15.7 Å². The van der Waals surface area contributed by atoms with Crippen molar-refractivity contribution >= 4 is 27.4 Å². The van der Waals surface area contributed by atoms with E-state index in [1.165, 1.54) is 6.20 Å². The Hall–Kier alpha value is -0.900. The third-order valence-corrected chi connectivity index (χ3v) is 6.56. The van der Waals surface area contributed by atoms with Crippen LogP contribution in [0.2, 0.25) is 0 Å². The number of hydrogen-bond donors (Lipinski definition) is 2. The second kappa shape index (κ2) is 6.70. The third kappa shape index (κ3) is 3.60. The fourth-order valence-corrected chi connectivity index (χ4v) is 5.12. The number of aromatic nitrogens is 2. The van der Waals surface area contributed by atoms with E-state index >= 15 is 0 Å². The number of hydrogen-bond acceptors (Lipinski definition) is 8. The molecule has 1 aliphatic heterocycles. The van der Waals surface area contributed by atoms with Crippen molar-refractivity contribution in [2.45, 2.75) is 18.8 Å². The van der Waals surface area contributed by atoms with E-state index in [2.05, 4.69) is 15.4 Å². The number of anilines is 1. The SMILES string of the molecule is CCS(=O)(=O)C1CSCCN1Cc1cnc(NN)cn1. The van der Waals surface area contributed by atoms with E-state index in [1.807, 2.05) is 4.90 Å². The first kappa shape index (κ1) is 15.5. The van der Waals surface area contributed by atoms with Crippen LogP contribution in [0.4, 0.5) is 5.82 Å². The van der Waals surface area contributed by atoms with Gasteiger partial charge in [0, 0.05) is 30.3 Å². The van der Waals surface area contributed by atoms with Crippen molar-refractivity contribution in [3.05, 3.63) is 18.1 Å². The van der Waals surface area contributed by atoms with Crippen molar-refractivity contribution in [1.29, 1.82) is 0 Å². The Balaban J connectivity index is 2.12. The zero-order chi connectivity index (χ0) is 14.6. The molecule has 1 aliphatic rings. The Labute approximate surface area is 123 Å². The smallest absolute Gasteiger partial charge is 0.166 e. The van der Waals surface area contributed by atoms with Gasteiger partial charge in [0.1, 0.15) is 5.37 Å². The second-order valence-corrected chi connectivity index (χ2v) is 8.09. The zero-order valence-corrected chi connectivity index (χ0v) is 13.0. The molecular formula is C11H19N5O2S2. The molecule has 0 aliphatic carbocycles. The molecule has 2 heterocycles. The minimum absolute atomic E-state index is 0.163. The lowest BCUT2D eigenvalue weighted by Gasteiger charge is -2.34. The Morgan fingerprint density at radius 2 is 2.30 bits per heavy atom. The van der Waals surface area contributed by atoms with Crippen molar-refractivity contribution in [2.24, 2.45) is 5.84 Å². The highest BCUT2D eigenvalue weighted by Crippen LogP contribution is 2.22. The Morgan fingerprint density at radius 3 is 2.90 bits per heavy atom.